The number of benzene rings is 2. The average molecular weight is 556 g/mol. The molecule has 2 aromatic carbocycles. The quantitative estimate of drug-likeness (QED) is 0.344. The van der Waals surface area contributed by atoms with Gasteiger partial charge in [-0.25, -0.2) is 4.79 Å². The van der Waals surface area contributed by atoms with Gasteiger partial charge in [0, 0.05) is 38.3 Å². The summed E-state index contributed by atoms with van der Waals surface area (Å²) in [6.07, 6.45) is -4.84. The first-order valence-corrected chi connectivity index (χ1v) is 12.7. The van der Waals surface area contributed by atoms with Gasteiger partial charge < -0.3 is 24.6 Å². The second-order valence-electron chi connectivity index (χ2n) is 9.26. The molecule has 1 aliphatic heterocycles. The van der Waals surface area contributed by atoms with Crippen molar-refractivity contribution in [3.63, 3.8) is 0 Å². The number of nitrogens with zero attached hydrogens (tertiary/aromatic N) is 6. The number of hydrogen-bond acceptors (Lipinski definition) is 8. The molecule has 0 unspecified atom stereocenters. The number of fused-ring (bicyclic) bond motifs is 1. The van der Waals surface area contributed by atoms with Gasteiger partial charge >= 0.3 is 12.3 Å². The molecule has 0 bridgehead atoms. The summed E-state index contributed by atoms with van der Waals surface area (Å²) in [6, 6.07) is 16.8. The van der Waals surface area contributed by atoms with Crippen LogP contribution in [0, 0.1) is 0 Å². The fourth-order valence-electron chi connectivity index (χ4n) is 4.33. The molecule has 10 nitrogen and oxygen atoms in total. The van der Waals surface area contributed by atoms with Crippen molar-refractivity contribution < 1.29 is 27.4 Å². The first kappa shape index (κ1) is 27.0. The Bertz CT molecular complexity index is 1440. The minimum atomic E-state index is -4.42. The van der Waals surface area contributed by atoms with Crippen LogP contribution in [-0.4, -0.2) is 70.0 Å². The second kappa shape index (κ2) is 11.7. The van der Waals surface area contributed by atoms with Gasteiger partial charge in [0.25, 0.3) is 0 Å². The number of hydrogen-bond donors (Lipinski definition) is 1. The number of aromatic nitrogens is 4. The highest BCUT2D eigenvalue weighted by molar-refractivity contribution is 5.68. The lowest BCUT2D eigenvalue weighted by Crippen LogP contribution is -2.49. The van der Waals surface area contributed by atoms with Crippen molar-refractivity contribution in [2.45, 2.75) is 25.7 Å². The third-order valence-corrected chi connectivity index (χ3v) is 6.46. The zero-order valence-electron chi connectivity index (χ0n) is 21.8. The molecule has 1 aliphatic rings. The summed E-state index contributed by atoms with van der Waals surface area (Å²) in [4.78, 5) is 25.0. The van der Waals surface area contributed by atoms with E-state index >= 15 is 0 Å². The van der Waals surface area contributed by atoms with Gasteiger partial charge in [0.1, 0.15) is 12.4 Å². The molecule has 0 aliphatic carbocycles. The minimum Gasteiger partial charge on any atom is -0.497 e. The van der Waals surface area contributed by atoms with E-state index in [-0.39, 0.29) is 29.7 Å². The minimum absolute atomic E-state index is 0.0493. The highest BCUT2D eigenvalue weighted by Crippen LogP contribution is 2.26. The lowest BCUT2D eigenvalue weighted by atomic mass is 10.2. The first-order chi connectivity index (χ1) is 19.3. The normalized spacial score (nSPS) is 13.9. The third-order valence-electron chi connectivity index (χ3n) is 6.46. The number of piperazine rings is 1. The van der Waals surface area contributed by atoms with E-state index < -0.39 is 18.7 Å². The van der Waals surface area contributed by atoms with Crippen LogP contribution < -0.4 is 15.0 Å². The molecule has 2 aromatic heterocycles. The maximum atomic E-state index is 13.3. The van der Waals surface area contributed by atoms with Crippen molar-refractivity contribution in [2.24, 2.45) is 0 Å². The molecule has 1 amide bonds. The zero-order chi connectivity index (χ0) is 28.1. The van der Waals surface area contributed by atoms with Gasteiger partial charge in [0.15, 0.2) is 5.65 Å². The number of carbonyl (C=O) groups excluding carboxylic acids is 1. The third kappa shape index (κ3) is 6.53. The van der Waals surface area contributed by atoms with Gasteiger partial charge in [-0.15, -0.1) is 0 Å². The second-order valence-corrected chi connectivity index (χ2v) is 9.26. The van der Waals surface area contributed by atoms with E-state index in [0.29, 0.717) is 38.5 Å². The number of rotatable bonds is 8. The van der Waals surface area contributed by atoms with Crippen LogP contribution in [0.2, 0.25) is 0 Å². The van der Waals surface area contributed by atoms with E-state index in [4.69, 9.17) is 9.47 Å². The summed E-state index contributed by atoms with van der Waals surface area (Å²) in [6.45, 7) is 2.00. The van der Waals surface area contributed by atoms with Crippen LogP contribution in [0.5, 0.6) is 5.75 Å². The lowest BCUT2D eigenvalue weighted by Gasteiger charge is -2.34. The fraction of sp³-hybridized carbons (Fsp3) is 0.333. The predicted molar refractivity (Wildman–Crippen MR) is 141 cm³/mol. The number of halogens is 3. The van der Waals surface area contributed by atoms with Crippen LogP contribution in [0.15, 0.2) is 60.8 Å². The molecule has 40 heavy (non-hydrogen) atoms. The lowest BCUT2D eigenvalue weighted by molar-refractivity contribution is -0.127. The number of ether oxygens (including phenoxy) is 2. The molecule has 3 heterocycles. The fourth-order valence-corrected chi connectivity index (χ4v) is 4.33. The highest BCUT2D eigenvalue weighted by Gasteiger charge is 2.31. The van der Waals surface area contributed by atoms with Crippen molar-refractivity contribution in [3.05, 3.63) is 77.5 Å². The van der Waals surface area contributed by atoms with E-state index in [2.05, 4.69) is 20.4 Å². The standard InChI is InChI=1S/C27H28F3N7O3/c1-39-22-9-7-19(8-10-22)16-31-24-34-25(33-23-21(15-27(28,29)30)17-32-37(23)24)35-11-13-36(14-12-35)26(38)40-18-20-5-3-2-4-6-20/h2-10,17H,11-16,18H2,1H3,(H,31,33,34). The summed E-state index contributed by atoms with van der Waals surface area (Å²) in [5.41, 5.74) is 1.83. The van der Waals surface area contributed by atoms with Crippen LogP contribution >= 0.6 is 0 Å². The summed E-state index contributed by atoms with van der Waals surface area (Å²) >= 11 is 0. The number of methoxy groups -OCH3 is 1. The maximum Gasteiger partial charge on any atom is 0.410 e. The number of nitrogens with one attached hydrogen (secondary N) is 1. The van der Waals surface area contributed by atoms with Gasteiger partial charge in [-0.2, -0.15) is 32.8 Å². The molecule has 1 N–H and O–H groups in total. The summed E-state index contributed by atoms with van der Waals surface area (Å²) in [5.74, 6) is 1.22. The van der Waals surface area contributed by atoms with Crippen molar-refractivity contribution in [3.8, 4) is 5.75 Å². The molecule has 1 fully saturated rings. The van der Waals surface area contributed by atoms with E-state index in [1.165, 1.54) is 10.7 Å². The summed E-state index contributed by atoms with van der Waals surface area (Å²) in [7, 11) is 1.58. The van der Waals surface area contributed by atoms with Crippen LogP contribution in [0.1, 0.15) is 16.7 Å². The largest absolute Gasteiger partial charge is 0.497 e. The number of amides is 1. The Morgan fingerprint density at radius 3 is 2.38 bits per heavy atom. The first-order valence-electron chi connectivity index (χ1n) is 12.7. The van der Waals surface area contributed by atoms with Gasteiger partial charge in [-0.1, -0.05) is 42.5 Å². The molecule has 4 aromatic rings. The smallest absolute Gasteiger partial charge is 0.410 e. The summed E-state index contributed by atoms with van der Waals surface area (Å²) in [5, 5.41) is 7.30. The SMILES string of the molecule is COc1ccc(CNc2nc(N3CCN(C(=O)OCc4ccccc4)CC3)nc3c(CC(F)(F)F)cnn23)cc1. The molecule has 0 atom stereocenters. The molecular weight excluding hydrogens is 527 g/mol. The Balaban J connectivity index is 1.31. The van der Waals surface area contributed by atoms with Gasteiger partial charge in [0.05, 0.1) is 19.7 Å². The Hall–Kier alpha value is -4.55. The predicted octanol–water partition coefficient (Wildman–Crippen LogP) is 4.31. The number of anilines is 2. The van der Waals surface area contributed by atoms with E-state index in [1.54, 1.807) is 12.0 Å². The Kier molecular flexibility index (Phi) is 7.89. The Labute approximate surface area is 228 Å². The molecule has 0 spiro atoms. The molecule has 1 saturated heterocycles. The van der Waals surface area contributed by atoms with Gasteiger partial charge in [-0.05, 0) is 23.3 Å². The molecule has 0 radical (unpaired) electrons. The van der Waals surface area contributed by atoms with Crippen molar-refractivity contribution in [2.75, 3.05) is 43.5 Å². The Morgan fingerprint density at radius 2 is 1.70 bits per heavy atom. The topological polar surface area (TPSA) is 97.1 Å². The summed E-state index contributed by atoms with van der Waals surface area (Å²) < 4.78 is 51.7. The molecule has 0 saturated carbocycles. The van der Waals surface area contributed by atoms with Crippen LogP contribution in [0.4, 0.5) is 29.9 Å². The van der Waals surface area contributed by atoms with Crippen LogP contribution in [0.25, 0.3) is 5.65 Å². The maximum absolute atomic E-state index is 13.3. The number of carbonyl (C=O) groups is 1. The van der Waals surface area contributed by atoms with Crippen molar-refractivity contribution >= 4 is 23.6 Å². The van der Waals surface area contributed by atoms with Crippen molar-refractivity contribution in [1.82, 2.24) is 24.5 Å². The van der Waals surface area contributed by atoms with E-state index in [1.807, 2.05) is 59.5 Å². The van der Waals surface area contributed by atoms with Gasteiger partial charge in [-0.3, -0.25) is 0 Å². The molecule has 210 valence electrons. The van der Waals surface area contributed by atoms with Gasteiger partial charge in [0.2, 0.25) is 11.9 Å². The molecule has 5 rings (SSSR count). The van der Waals surface area contributed by atoms with E-state index in [0.717, 1.165) is 11.1 Å². The van der Waals surface area contributed by atoms with Crippen LogP contribution in [0.3, 0.4) is 0 Å². The molecule has 13 heteroatoms. The highest BCUT2D eigenvalue weighted by atomic mass is 19.4. The number of alkyl halides is 3. The van der Waals surface area contributed by atoms with Crippen LogP contribution in [-0.2, 0) is 24.3 Å². The zero-order valence-corrected chi connectivity index (χ0v) is 21.8. The Morgan fingerprint density at radius 1 is 0.975 bits per heavy atom. The van der Waals surface area contributed by atoms with E-state index in [9.17, 15) is 18.0 Å². The average Bonchev–Trinajstić information content (AvgIpc) is 3.36. The monoisotopic (exact) mass is 555 g/mol. The molecular formula is C27H28F3N7O3. The van der Waals surface area contributed by atoms with Crippen molar-refractivity contribution in [1.29, 1.82) is 0 Å².